The number of fused-ring (bicyclic) bond motifs is 1. The zero-order valence-corrected chi connectivity index (χ0v) is 25.1. The summed E-state index contributed by atoms with van der Waals surface area (Å²) in [5, 5.41) is 50.2. The molecule has 4 aliphatic rings. The van der Waals surface area contributed by atoms with E-state index in [1.807, 2.05) is 13.8 Å². The van der Waals surface area contributed by atoms with E-state index in [2.05, 4.69) is 32.6 Å². The maximum absolute atomic E-state index is 10.4. The third-order valence-corrected chi connectivity index (χ3v) is 10.5. The fourth-order valence-electron chi connectivity index (χ4n) is 8.14. The minimum atomic E-state index is -1.44. The van der Waals surface area contributed by atoms with Crippen LogP contribution in [-0.2, 0) is 9.47 Å². The van der Waals surface area contributed by atoms with Gasteiger partial charge < -0.3 is 35.0 Å². The second-order valence-corrected chi connectivity index (χ2v) is 14.0. The van der Waals surface area contributed by atoms with Crippen LogP contribution in [-0.4, -0.2) is 74.6 Å². The van der Waals surface area contributed by atoms with Gasteiger partial charge in [-0.3, -0.25) is 0 Å². The molecule has 3 aliphatic carbocycles. The zero-order chi connectivity index (χ0) is 29.2. The molecule has 4 fully saturated rings. The summed E-state index contributed by atoms with van der Waals surface area (Å²) in [6, 6.07) is 0. The normalized spacial score (nSPS) is 41.9. The van der Waals surface area contributed by atoms with Crippen LogP contribution in [0.2, 0.25) is 0 Å². The Bertz CT molecular complexity index is 934. The molecule has 0 spiro atoms. The Hall–Kier alpha value is -1.06. The largest absolute Gasteiger partial charge is 0.394 e. The lowest BCUT2D eigenvalue weighted by Crippen LogP contribution is -2.59. The zero-order valence-electron chi connectivity index (χ0n) is 25.1. The summed E-state index contributed by atoms with van der Waals surface area (Å²) >= 11 is 0. The van der Waals surface area contributed by atoms with E-state index in [0.717, 1.165) is 49.2 Å². The van der Waals surface area contributed by atoms with Crippen LogP contribution in [0.5, 0.6) is 0 Å². The molecule has 4 rings (SSSR count). The van der Waals surface area contributed by atoms with Gasteiger partial charge >= 0.3 is 0 Å². The van der Waals surface area contributed by atoms with Gasteiger partial charge in [-0.2, -0.15) is 0 Å². The number of aliphatic hydroxyl groups is 5. The molecule has 0 aromatic carbocycles. The molecule has 3 saturated carbocycles. The lowest BCUT2D eigenvalue weighted by Gasteiger charge is -2.44. The average Bonchev–Trinajstić information content (AvgIpc) is 3.26. The summed E-state index contributed by atoms with van der Waals surface area (Å²) in [6.45, 7) is 12.6. The van der Waals surface area contributed by atoms with Gasteiger partial charge in [0.05, 0.1) is 18.3 Å². The molecule has 7 heteroatoms. The van der Waals surface area contributed by atoms with Gasteiger partial charge in [0.2, 0.25) is 0 Å². The van der Waals surface area contributed by atoms with E-state index in [4.69, 9.17) is 9.47 Å². The Morgan fingerprint density at radius 1 is 1.10 bits per heavy atom. The number of allylic oxidation sites excluding steroid dienone is 4. The molecule has 228 valence electrons. The molecule has 0 unspecified atom stereocenters. The van der Waals surface area contributed by atoms with Crippen molar-refractivity contribution in [2.75, 3.05) is 6.61 Å². The number of ether oxygens (including phenoxy) is 2. The fourth-order valence-corrected chi connectivity index (χ4v) is 8.14. The van der Waals surface area contributed by atoms with Crippen molar-refractivity contribution in [1.29, 1.82) is 0 Å². The van der Waals surface area contributed by atoms with E-state index in [1.54, 1.807) is 5.57 Å². The standard InChI is InChI=1S/C33H54O7/c1-20-10-13-24(39-31-30(37)29(36)28(35)27(19-34)40-31)18-23(20)12-11-22-9-7-17-33(5)25(14-15-26(22)33)21(2)8-6-16-32(3,4)38/h11-12,21,24-31,34-38H,1,6-10,13-19H2,2-5H3/b22-11+,23-12-/t21-,24+,25-,26+,27-,28-,29+,30-,31-,33-/m1/s1. The summed E-state index contributed by atoms with van der Waals surface area (Å²) < 4.78 is 11.7. The van der Waals surface area contributed by atoms with E-state index in [-0.39, 0.29) is 6.10 Å². The first-order valence-electron chi connectivity index (χ1n) is 15.6. The molecule has 0 aromatic heterocycles. The predicted molar refractivity (Wildman–Crippen MR) is 155 cm³/mol. The summed E-state index contributed by atoms with van der Waals surface area (Å²) in [5.41, 5.74) is 3.55. The van der Waals surface area contributed by atoms with Crippen molar-refractivity contribution in [3.63, 3.8) is 0 Å². The minimum absolute atomic E-state index is 0.214. The van der Waals surface area contributed by atoms with E-state index in [9.17, 15) is 25.5 Å². The Morgan fingerprint density at radius 2 is 1.85 bits per heavy atom. The molecule has 1 saturated heterocycles. The number of rotatable bonds is 9. The molecule has 7 nitrogen and oxygen atoms in total. The Balaban J connectivity index is 1.40. The minimum Gasteiger partial charge on any atom is -0.394 e. The SMILES string of the molecule is C=C1CC[C@H](O[C@@H]2O[C@H](CO)[C@@H](O)[C@H](O)[C@H]2O)C/C1=C/C=C1\CCC[C@]2(C)[C@@H]([C@H](C)CCCC(C)(C)O)CC[C@@H]12. The predicted octanol–water partition coefficient (Wildman–Crippen LogP) is 4.56. The van der Waals surface area contributed by atoms with Gasteiger partial charge in [-0.15, -0.1) is 0 Å². The fraction of sp³-hybridized carbons (Fsp3) is 0.818. The van der Waals surface area contributed by atoms with Gasteiger partial charge in [-0.25, -0.2) is 0 Å². The molecule has 40 heavy (non-hydrogen) atoms. The van der Waals surface area contributed by atoms with Crippen LogP contribution in [0.15, 0.2) is 35.5 Å². The van der Waals surface area contributed by atoms with Crippen molar-refractivity contribution in [1.82, 2.24) is 0 Å². The molecule has 5 N–H and O–H groups in total. The lowest BCUT2D eigenvalue weighted by atomic mass is 9.60. The first-order chi connectivity index (χ1) is 18.8. The van der Waals surface area contributed by atoms with Crippen LogP contribution in [0.1, 0.15) is 98.3 Å². The van der Waals surface area contributed by atoms with Crippen LogP contribution in [0.3, 0.4) is 0 Å². The molecule has 1 aliphatic heterocycles. The van der Waals surface area contributed by atoms with Gasteiger partial charge in [0.1, 0.15) is 24.4 Å². The first kappa shape index (κ1) is 31.9. The van der Waals surface area contributed by atoms with Crippen molar-refractivity contribution in [3.05, 3.63) is 35.5 Å². The van der Waals surface area contributed by atoms with E-state index in [0.29, 0.717) is 23.7 Å². The second-order valence-electron chi connectivity index (χ2n) is 14.0. The quantitative estimate of drug-likeness (QED) is 0.280. The lowest BCUT2D eigenvalue weighted by molar-refractivity contribution is -0.311. The van der Waals surface area contributed by atoms with Crippen LogP contribution >= 0.6 is 0 Å². The van der Waals surface area contributed by atoms with Gasteiger partial charge in [-0.05, 0) is 100 Å². The molecule has 0 amide bonds. The highest BCUT2D eigenvalue weighted by Gasteiger charge is 2.50. The van der Waals surface area contributed by atoms with Gasteiger partial charge in [0.25, 0.3) is 0 Å². The third kappa shape index (κ3) is 7.11. The molecule has 0 radical (unpaired) electrons. The van der Waals surface area contributed by atoms with Crippen molar-refractivity contribution in [3.8, 4) is 0 Å². The van der Waals surface area contributed by atoms with Gasteiger partial charge in [0, 0.05) is 0 Å². The average molecular weight is 563 g/mol. The van der Waals surface area contributed by atoms with E-state index in [1.165, 1.54) is 32.1 Å². The van der Waals surface area contributed by atoms with Crippen molar-refractivity contribution < 1.29 is 35.0 Å². The highest BCUT2D eigenvalue weighted by molar-refractivity contribution is 5.36. The summed E-state index contributed by atoms with van der Waals surface area (Å²) in [6.07, 6.45) is 9.51. The van der Waals surface area contributed by atoms with Crippen molar-refractivity contribution >= 4 is 0 Å². The van der Waals surface area contributed by atoms with E-state index >= 15 is 0 Å². The highest BCUT2D eigenvalue weighted by atomic mass is 16.7. The first-order valence-corrected chi connectivity index (χ1v) is 15.6. The Morgan fingerprint density at radius 3 is 2.55 bits per heavy atom. The molecule has 0 bridgehead atoms. The number of aliphatic hydroxyl groups excluding tert-OH is 4. The van der Waals surface area contributed by atoms with Gasteiger partial charge in [-0.1, -0.05) is 56.6 Å². The van der Waals surface area contributed by atoms with Gasteiger partial charge in [0.15, 0.2) is 6.29 Å². The number of hydrogen-bond acceptors (Lipinski definition) is 7. The second kappa shape index (κ2) is 13.1. The van der Waals surface area contributed by atoms with Crippen LogP contribution < -0.4 is 0 Å². The summed E-state index contributed by atoms with van der Waals surface area (Å²) in [7, 11) is 0. The molecule has 1 heterocycles. The topological polar surface area (TPSA) is 120 Å². The van der Waals surface area contributed by atoms with Crippen LogP contribution in [0.4, 0.5) is 0 Å². The van der Waals surface area contributed by atoms with E-state index < -0.39 is 42.9 Å². The summed E-state index contributed by atoms with van der Waals surface area (Å²) in [4.78, 5) is 0. The van der Waals surface area contributed by atoms with Crippen molar-refractivity contribution in [2.45, 2.75) is 141 Å². The Kier molecular flexibility index (Phi) is 10.4. The smallest absolute Gasteiger partial charge is 0.186 e. The maximum atomic E-state index is 10.4. The molecular weight excluding hydrogens is 508 g/mol. The maximum Gasteiger partial charge on any atom is 0.186 e. The molecule has 10 atom stereocenters. The number of hydrogen-bond donors (Lipinski definition) is 5. The summed E-state index contributed by atoms with van der Waals surface area (Å²) in [5.74, 6) is 1.99. The van der Waals surface area contributed by atoms with Crippen LogP contribution in [0, 0.1) is 23.2 Å². The molecule has 0 aromatic rings. The molecular formula is C33H54O7. The van der Waals surface area contributed by atoms with Crippen LogP contribution in [0.25, 0.3) is 0 Å². The third-order valence-electron chi connectivity index (χ3n) is 10.5. The highest BCUT2D eigenvalue weighted by Crippen LogP contribution is 2.60. The Labute approximate surface area is 241 Å². The van der Waals surface area contributed by atoms with Crippen molar-refractivity contribution in [2.24, 2.45) is 23.2 Å². The monoisotopic (exact) mass is 562 g/mol.